The lowest BCUT2D eigenvalue weighted by molar-refractivity contribution is 0.321. The standard InChI is InChI=1S/C18H30N2/c1-15(2)13-16(3)19-18-10-12-20(14-18)11-9-17-7-5-4-6-8-17/h4-8,15-16,18-19H,9-14H2,1-3H3. The van der Waals surface area contributed by atoms with Crippen LogP contribution in [0.25, 0.3) is 0 Å². The second-order valence-corrected chi connectivity index (χ2v) is 6.72. The zero-order chi connectivity index (χ0) is 14.4. The molecular formula is C18H30N2. The van der Waals surface area contributed by atoms with E-state index in [1.165, 1.54) is 44.5 Å². The molecule has 0 aromatic heterocycles. The summed E-state index contributed by atoms with van der Waals surface area (Å²) in [6, 6.07) is 12.2. The molecule has 0 radical (unpaired) electrons. The van der Waals surface area contributed by atoms with Crippen molar-refractivity contribution in [2.45, 2.75) is 52.1 Å². The van der Waals surface area contributed by atoms with Gasteiger partial charge >= 0.3 is 0 Å². The zero-order valence-corrected chi connectivity index (χ0v) is 13.3. The topological polar surface area (TPSA) is 15.3 Å². The summed E-state index contributed by atoms with van der Waals surface area (Å²) in [5.41, 5.74) is 1.46. The van der Waals surface area contributed by atoms with Crippen LogP contribution in [0, 0.1) is 5.92 Å². The highest BCUT2D eigenvalue weighted by molar-refractivity contribution is 5.14. The number of nitrogens with zero attached hydrogens (tertiary/aromatic N) is 1. The summed E-state index contributed by atoms with van der Waals surface area (Å²) < 4.78 is 0. The molecule has 0 amide bonds. The second-order valence-electron chi connectivity index (χ2n) is 6.72. The lowest BCUT2D eigenvalue weighted by Crippen LogP contribution is -2.39. The van der Waals surface area contributed by atoms with Crippen LogP contribution in [0.3, 0.4) is 0 Å². The van der Waals surface area contributed by atoms with E-state index in [9.17, 15) is 0 Å². The highest BCUT2D eigenvalue weighted by Gasteiger charge is 2.23. The van der Waals surface area contributed by atoms with Crippen molar-refractivity contribution in [2.75, 3.05) is 19.6 Å². The van der Waals surface area contributed by atoms with Crippen LogP contribution in [0.4, 0.5) is 0 Å². The normalized spacial score (nSPS) is 21.5. The molecule has 2 heteroatoms. The third kappa shape index (κ3) is 5.26. The van der Waals surface area contributed by atoms with E-state index >= 15 is 0 Å². The van der Waals surface area contributed by atoms with Gasteiger partial charge < -0.3 is 10.2 Å². The molecule has 1 saturated heterocycles. The van der Waals surface area contributed by atoms with Gasteiger partial charge in [0.15, 0.2) is 0 Å². The van der Waals surface area contributed by atoms with Crippen molar-refractivity contribution in [3.8, 4) is 0 Å². The number of benzene rings is 1. The maximum Gasteiger partial charge on any atom is 0.0209 e. The average Bonchev–Trinajstić information content (AvgIpc) is 2.84. The van der Waals surface area contributed by atoms with Crippen LogP contribution in [0.2, 0.25) is 0 Å². The van der Waals surface area contributed by atoms with E-state index < -0.39 is 0 Å². The monoisotopic (exact) mass is 274 g/mol. The van der Waals surface area contributed by atoms with Gasteiger partial charge in [-0.05, 0) is 44.2 Å². The average molecular weight is 274 g/mol. The fourth-order valence-corrected chi connectivity index (χ4v) is 3.28. The Hall–Kier alpha value is -0.860. The molecule has 1 aliphatic rings. The van der Waals surface area contributed by atoms with Crippen LogP contribution >= 0.6 is 0 Å². The van der Waals surface area contributed by atoms with Gasteiger partial charge in [0.2, 0.25) is 0 Å². The van der Waals surface area contributed by atoms with Crippen molar-refractivity contribution < 1.29 is 0 Å². The van der Waals surface area contributed by atoms with Crippen molar-refractivity contribution in [1.29, 1.82) is 0 Å². The lowest BCUT2D eigenvalue weighted by Gasteiger charge is -2.21. The van der Waals surface area contributed by atoms with E-state index in [1.807, 2.05) is 0 Å². The van der Waals surface area contributed by atoms with Gasteiger partial charge in [-0.15, -0.1) is 0 Å². The van der Waals surface area contributed by atoms with Crippen LogP contribution in [-0.2, 0) is 6.42 Å². The first-order valence-electron chi connectivity index (χ1n) is 8.16. The van der Waals surface area contributed by atoms with Crippen molar-refractivity contribution in [2.24, 2.45) is 5.92 Å². The van der Waals surface area contributed by atoms with Crippen LogP contribution in [0.5, 0.6) is 0 Å². The Morgan fingerprint density at radius 2 is 1.95 bits per heavy atom. The van der Waals surface area contributed by atoms with E-state index in [-0.39, 0.29) is 0 Å². The van der Waals surface area contributed by atoms with Crippen molar-refractivity contribution >= 4 is 0 Å². The third-order valence-corrected chi connectivity index (χ3v) is 4.18. The fourth-order valence-electron chi connectivity index (χ4n) is 3.28. The summed E-state index contributed by atoms with van der Waals surface area (Å²) in [7, 11) is 0. The lowest BCUT2D eigenvalue weighted by atomic mass is 10.0. The van der Waals surface area contributed by atoms with Gasteiger partial charge in [0, 0.05) is 25.2 Å². The Kier molecular flexibility index (Phi) is 6.06. The fraction of sp³-hybridized carbons (Fsp3) is 0.667. The first-order valence-corrected chi connectivity index (χ1v) is 8.16. The smallest absolute Gasteiger partial charge is 0.0209 e. The van der Waals surface area contributed by atoms with Gasteiger partial charge in [0.25, 0.3) is 0 Å². The molecule has 2 unspecified atom stereocenters. The summed E-state index contributed by atoms with van der Waals surface area (Å²) in [6.45, 7) is 10.6. The Balaban J connectivity index is 1.67. The molecule has 1 heterocycles. The number of hydrogen-bond donors (Lipinski definition) is 1. The Bertz CT molecular complexity index is 374. The molecule has 0 aliphatic carbocycles. The van der Waals surface area contributed by atoms with Gasteiger partial charge in [0.1, 0.15) is 0 Å². The van der Waals surface area contributed by atoms with Crippen molar-refractivity contribution in [1.82, 2.24) is 10.2 Å². The highest BCUT2D eigenvalue weighted by atomic mass is 15.2. The SMILES string of the molecule is CC(C)CC(C)NC1CCN(CCc2ccccc2)C1. The van der Waals surface area contributed by atoms with Gasteiger partial charge in [-0.2, -0.15) is 0 Å². The van der Waals surface area contributed by atoms with Crippen LogP contribution in [-0.4, -0.2) is 36.6 Å². The zero-order valence-electron chi connectivity index (χ0n) is 13.3. The summed E-state index contributed by atoms with van der Waals surface area (Å²) in [4.78, 5) is 2.60. The summed E-state index contributed by atoms with van der Waals surface area (Å²) in [5, 5.41) is 3.80. The predicted octanol–water partition coefficient (Wildman–Crippen LogP) is 3.33. The minimum absolute atomic E-state index is 0.647. The largest absolute Gasteiger partial charge is 0.310 e. The van der Waals surface area contributed by atoms with E-state index in [4.69, 9.17) is 0 Å². The maximum atomic E-state index is 3.80. The quantitative estimate of drug-likeness (QED) is 0.820. The molecule has 0 saturated carbocycles. The Morgan fingerprint density at radius 1 is 1.20 bits per heavy atom. The molecule has 1 N–H and O–H groups in total. The second kappa shape index (κ2) is 7.80. The molecule has 2 nitrogen and oxygen atoms in total. The first-order chi connectivity index (χ1) is 9.63. The molecule has 2 atom stereocenters. The number of rotatable bonds is 7. The van der Waals surface area contributed by atoms with Gasteiger partial charge in [-0.25, -0.2) is 0 Å². The minimum Gasteiger partial charge on any atom is -0.310 e. The molecule has 2 rings (SSSR count). The maximum absolute atomic E-state index is 3.80. The Morgan fingerprint density at radius 3 is 2.65 bits per heavy atom. The van der Waals surface area contributed by atoms with Crippen molar-refractivity contribution in [3.05, 3.63) is 35.9 Å². The van der Waals surface area contributed by atoms with E-state index in [0.717, 1.165) is 5.92 Å². The molecule has 112 valence electrons. The molecule has 1 fully saturated rings. The van der Waals surface area contributed by atoms with Crippen LogP contribution in [0.1, 0.15) is 39.2 Å². The summed E-state index contributed by atoms with van der Waals surface area (Å²) >= 11 is 0. The van der Waals surface area contributed by atoms with Gasteiger partial charge in [0.05, 0.1) is 0 Å². The first kappa shape index (κ1) is 15.5. The van der Waals surface area contributed by atoms with Gasteiger partial charge in [-0.1, -0.05) is 44.2 Å². The molecule has 0 spiro atoms. The van der Waals surface area contributed by atoms with Crippen LogP contribution < -0.4 is 5.32 Å². The van der Waals surface area contributed by atoms with Crippen molar-refractivity contribution in [3.63, 3.8) is 0 Å². The van der Waals surface area contributed by atoms with Gasteiger partial charge in [-0.3, -0.25) is 0 Å². The molecular weight excluding hydrogens is 244 g/mol. The highest BCUT2D eigenvalue weighted by Crippen LogP contribution is 2.13. The molecule has 1 aromatic rings. The molecule has 1 aromatic carbocycles. The summed E-state index contributed by atoms with van der Waals surface area (Å²) in [5.74, 6) is 0.785. The van der Waals surface area contributed by atoms with E-state index in [2.05, 4.69) is 61.3 Å². The molecule has 20 heavy (non-hydrogen) atoms. The van der Waals surface area contributed by atoms with Crippen LogP contribution in [0.15, 0.2) is 30.3 Å². The number of nitrogens with one attached hydrogen (secondary N) is 1. The number of likely N-dealkylation sites (tertiary alicyclic amines) is 1. The molecule has 0 bridgehead atoms. The summed E-state index contributed by atoms with van der Waals surface area (Å²) in [6.07, 6.45) is 3.76. The number of hydrogen-bond acceptors (Lipinski definition) is 2. The predicted molar refractivity (Wildman–Crippen MR) is 87.0 cm³/mol. The Labute approximate surface area is 124 Å². The molecule has 1 aliphatic heterocycles. The van der Waals surface area contributed by atoms with E-state index in [0.29, 0.717) is 12.1 Å². The van der Waals surface area contributed by atoms with E-state index in [1.54, 1.807) is 0 Å². The third-order valence-electron chi connectivity index (χ3n) is 4.18. The minimum atomic E-state index is 0.647.